The Bertz CT molecular complexity index is 1140. The summed E-state index contributed by atoms with van der Waals surface area (Å²) in [5, 5.41) is 15.8. The Kier molecular flexibility index (Phi) is 8.42. The normalized spacial score (nSPS) is 11.8. The Morgan fingerprint density at radius 3 is 2.53 bits per heavy atom. The van der Waals surface area contributed by atoms with Crippen molar-refractivity contribution in [2.75, 3.05) is 11.1 Å². The molecular weight excluding hydrogens is 493 g/mol. The predicted octanol–water partition coefficient (Wildman–Crippen LogP) is 5.48. The molecule has 1 aromatic heterocycles. The van der Waals surface area contributed by atoms with Crippen LogP contribution in [-0.2, 0) is 11.3 Å². The molecule has 0 spiro atoms. The maximum atomic E-state index is 12.6. The second-order valence-corrected chi connectivity index (χ2v) is 8.91. The number of benzene rings is 2. The minimum absolute atomic E-state index is 0.109. The van der Waals surface area contributed by atoms with Crippen LogP contribution in [0.5, 0.6) is 0 Å². The molecule has 0 aliphatic heterocycles. The average Bonchev–Trinajstić information content (AvgIpc) is 3.17. The van der Waals surface area contributed by atoms with E-state index in [1.54, 1.807) is 42.5 Å². The number of halogens is 3. The quantitative estimate of drug-likeness (QED) is 0.390. The molecule has 2 N–H and O–H groups in total. The fraction of sp³-hybridized carbons (Fsp3) is 0.238. The van der Waals surface area contributed by atoms with Crippen molar-refractivity contribution in [3.8, 4) is 0 Å². The molecule has 0 saturated heterocycles. The molecule has 7 nitrogen and oxygen atoms in total. The minimum Gasteiger partial charge on any atom is -0.342 e. The van der Waals surface area contributed by atoms with E-state index in [9.17, 15) is 9.59 Å². The van der Waals surface area contributed by atoms with Crippen molar-refractivity contribution in [2.24, 2.45) is 0 Å². The number of hydrogen-bond acceptors (Lipinski definition) is 5. The molecule has 0 aliphatic carbocycles. The first-order valence-electron chi connectivity index (χ1n) is 9.66. The number of carbonyl (C=O) groups excluding carboxylic acids is 2. The summed E-state index contributed by atoms with van der Waals surface area (Å²) in [5.41, 5.74) is 0.867. The number of carbonyl (C=O) groups is 2. The lowest BCUT2D eigenvalue weighted by molar-refractivity contribution is -0.113. The topological polar surface area (TPSA) is 88.9 Å². The van der Waals surface area contributed by atoms with Gasteiger partial charge in [0, 0.05) is 11.6 Å². The fourth-order valence-corrected chi connectivity index (χ4v) is 4.40. The van der Waals surface area contributed by atoms with E-state index in [0.717, 1.165) is 0 Å². The highest BCUT2D eigenvalue weighted by molar-refractivity contribution is 7.99. The van der Waals surface area contributed by atoms with Crippen molar-refractivity contribution in [3.63, 3.8) is 0 Å². The van der Waals surface area contributed by atoms with E-state index in [4.69, 9.17) is 34.8 Å². The van der Waals surface area contributed by atoms with E-state index in [0.29, 0.717) is 43.8 Å². The summed E-state index contributed by atoms with van der Waals surface area (Å²) in [5.74, 6) is 0.141. The van der Waals surface area contributed by atoms with Crippen LogP contribution in [0.1, 0.15) is 36.1 Å². The number of aromatic nitrogens is 3. The van der Waals surface area contributed by atoms with Crippen molar-refractivity contribution in [1.29, 1.82) is 0 Å². The molecular formula is C21H20Cl3N5O2S. The van der Waals surface area contributed by atoms with Crippen molar-refractivity contribution < 1.29 is 9.59 Å². The smallest absolute Gasteiger partial charge is 0.253 e. The molecule has 0 bridgehead atoms. The second-order valence-electron chi connectivity index (χ2n) is 6.72. The number of thioether (sulfide) groups is 1. The third-order valence-electron chi connectivity index (χ3n) is 4.45. The Labute approximate surface area is 204 Å². The van der Waals surface area contributed by atoms with Gasteiger partial charge in [0.25, 0.3) is 5.91 Å². The summed E-state index contributed by atoms with van der Waals surface area (Å²) in [6.45, 7) is 4.32. The van der Waals surface area contributed by atoms with Crippen molar-refractivity contribution in [2.45, 2.75) is 31.6 Å². The second kappa shape index (κ2) is 11.0. The molecule has 0 aliphatic rings. The third-order valence-corrected chi connectivity index (χ3v) is 6.30. The average molecular weight is 513 g/mol. The molecule has 2 amide bonds. The van der Waals surface area contributed by atoms with Gasteiger partial charge in [0.05, 0.1) is 33.1 Å². The largest absolute Gasteiger partial charge is 0.342 e. The zero-order valence-electron chi connectivity index (χ0n) is 17.2. The fourth-order valence-electron chi connectivity index (χ4n) is 2.92. The van der Waals surface area contributed by atoms with Gasteiger partial charge in [-0.25, -0.2) is 0 Å². The number of nitrogens with one attached hydrogen (secondary N) is 2. The summed E-state index contributed by atoms with van der Waals surface area (Å²) in [6.07, 6.45) is 0. The molecule has 0 saturated carbocycles. The first kappa shape index (κ1) is 24.4. The van der Waals surface area contributed by atoms with Crippen LogP contribution in [0.4, 0.5) is 5.69 Å². The van der Waals surface area contributed by atoms with Crippen LogP contribution in [0.15, 0.2) is 47.6 Å². The van der Waals surface area contributed by atoms with Gasteiger partial charge in [-0.3, -0.25) is 9.59 Å². The Hall–Kier alpha value is -2.26. The van der Waals surface area contributed by atoms with Crippen LogP contribution in [0.25, 0.3) is 0 Å². The lowest BCUT2D eigenvalue weighted by atomic mass is 10.2. The summed E-state index contributed by atoms with van der Waals surface area (Å²) in [4.78, 5) is 24.9. The molecule has 0 fully saturated rings. The first-order valence-corrected chi connectivity index (χ1v) is 11.8. The maximum absolute atomic E-state index is 12.6. The lowest BCUT2D eigenvalue weighted by Crippen LogP contribution is -2.29. The van der Waals surface area contributed by atoms with Gasteiger partial charge in [-0.15, -0.1) is 10.2 Å². The predicted molar refractivity (Wildman–Crippen MR) is 129 cm³/mol. The molecule has 1 atom stereocenters. The summed E-state index contributed by atoms with van der Waals surface area (Å²) >= 11 is 19.3. The van der Waals surface area contributed by atoms with Gasteiger partial charge in [-0.2, -0.15) is 0 Å². The summed E-state index contributed by atoms with van der Waals surface area (Å²) in [6, 6.07) is 11.3. The Morgan fingerprint density at radius 1 is 1.09 bits per heavy atom. The third kappa shape index (κ3) is 5.95. The van der Waals surface area contributed by atoms with Crippen molar-refractivity contribution in [1.82, 2.24) is 20.1 Å². The highest BCUT2D eigenvalue weighted by Gasteiger charge is 2.21. The van der Waals surface area contributed by atoms with Crippen LogP contribution in [0.3, 0.4) is 0 Å². The van der Waals surface area contributed by atoms with Crippen LogP contribution in [0, 0.1) is 0 Å². The van der Waals surface area contributed by atoms with E-state index in [-0.39, 0.29) is 17.6 Å². The maximum Gasteiger partial charge on any atom is 0.253 e. The number of nitrogens with zero attached hydrogens (tertiary/aromatic N) is 3. The molecule has 3 rings (SSSR count). The summed E-state index contributed by atoms with van der Waals surface area (Å²) < 4.78 is 1.85. The SMILES string of the molecule is CCn1c(SCC(=O)Nc2ccc(Cl)cc2Cl)nnc1[C@@H](C)NC(=O)c1ccccc1Cl. The first-order chi connectivity index (χ1) is 15.3. The van der Waals surface area contributed by atoms with E-state index in [1.807, 2.05) is 18.4 Å². The Morgan fingerprint density at radius 2 is 1.84 bits per heavy atom. The standard InChI is InChI=1S/C21H20Cl3N5O2S/c1-3-29-19(12(2)25-20(31)14-6-4-5-7-15(14)23)27-28-21(29)32-11-18(30)26-17-9-8-13(22)10-16(17)24/h4-10,12H,3,11H2,1-2H3,(H,25,31)(H,26,30)/t12-/m1/s1. The van der Waals surface area contributed by atoms with Gasteiger partial charge in [-0.1, -0.05) is 58.7 Å². The number of hydrogen-bond donors (Lipinski definition) is 2. The summed E-state index contributed by atoms with van der Waals surface area (Å²) in [7, 11) is 0. The van der Waals surface area contributed by atoms with Crippen LogP contribution >= 0.6 is 46.6 Å². The van der Waals surface area contributed by atoms with Crippen molar-refractivity contribution in [3.05, 3.63) is 68.9 Å². The highest BCUT2D eigenvalue weighted by Crippen LogP contribution is 2.26. The zero-order chi connectivity index (χ0) is 23.3. The van der Waals surface area contributed by atoms with Crippen LogP contribution < -0.4 is 10.6 Å². The number of anilines is 1. The van der Waals surface area contributed by atoms with Crippen LogP contribution in [-0.4, -0.2) is 32.3 Å². The monoisotopic (exact) mass is 511 g/mol. The van der Waals surface area contributed by atoms with Gasteiger partial charge < -0.3 is 15.2 Å². The molecule has 0 radical (unpaired) electrons. The van der Waals surface area contributed by atoms with Gasteiger partial charge in [0.15, 0.2) is 11.0 Å². The zero-order valence-corrected chi connectivity index (χ0v) is 20.3. The van der Waals surface area contributed by atoms with Crippen LogP contribution in [0.2, 0.25) is 15.1 Å². The molecule has 32 heavy (non-hydrogen) atoms. The molecule has 168 valence electrons. The van der Waals surface area contributed by atoms with Gasteiger partial charge >= 0.3 is 0 Å². The van der Waals surface area contributed by atoms with Gasteiger partial charge in [0.2, 0.25) is 5.91 Å². The van der Waals surface area contributed by atoms with E-state index >= 15 is 0 Å². The highest BCUT2D eigenvalue weighted by atomic mass is 35.5. The molecule has 11 heteroatoms. The minimum atomic E-state index is -0.415. The van der Waals surface area contributed by atoms with Crippen molar-refractivity contribution >= 4 is 64.1 Å². The molecule has 3 aromatic rings. The molecule has 1 heterocycles. The van der Waals surface area contributed by atoms with E-state index < -0.39 is 6.04 Å². The van der Waals surface area contributed by atoms with Gasteiger partial charge in [-0.05, 0) is 44.2 Å². The van der Waals surface area contributed by atoms with E-state index in [1.165, 1.54) is 11.8 Å². The Balaban J connectivity index is 1.64. The number of amides is 2. The van der Waals surface area contributed by atoms with E-state index in [2.05, 4.69) is 20.8 Å². The molecule has 2 aromatic carbocycles. The number of rotatable bonds is 8. The molecule has 0 unspecified atom stereocenters. The lowest BCUT2D eigenvalue weighted by Gasteiger charge is -2.15. The van der Waals surface area contributed by atoms with Gasteiger partial charge in [0.1, 0.15) is 0 Å².